The second kappa shape index (κ2) is 20.1. The summed E-state index contributed by atoms with van der Waals surface area (Å²) in [6, 6.07) is 10.0. The summed E-state index contributed by atoms with van der Waals surface area (Å²) in [5, 5.41) is 12.2. The van der Waals surface area contributed by atoms with E-state index in [2.05, 4.69) is 41.9 Å². The Morgan fingerprint density at radius 3 is 2.07 bits per heavy atom. The summed E-state index contributed by atoms with van der Waals surface area (Å²) < 4.78 is 6.00. The number of aromatic amines is 1. The van der Waals surface area contributed by atoms with Crippen molar-refractivity contribution in [2.24, 2.45) is 0 Å². The van der Waals surface area contributed by atoms with E-state index in [0.29, 0.717) is 13.0 Å². The quantitative estimate of drug-likeness (QED) is 0.104. The Bertz CT molecular complexity index is 924. The molecule has 1 aliphatic rings. The molecule has 0 bridgehead atoms. The van der Waals surface area contributed by atoms with Gasteiger partial charge in [-0.05, 0) is 36.8 Å². The van der Waals surface area contributed by atoms with Crippen molar-refractivity contribution < 1.29 is 14.6 Å². The van der Waals surface area contributed by atoms with Gasteiger partial charge in [0.2, 0.25) is 0 Å². The van der Waals surface area contributed by atoms with Crippen LogP contribution < -0.4 is 0 Å². The lowest BCUT2D eigenvalue weighted by molar-refractivity contribution is -0.168. The van der Waals surface area contributed by atoms with Crippen molar-refractivity contribution in [3.63, 3.8) is 0 Å². The summed E-state index contributed by atoms with van der Waals surface area (Å²) >= 11 is 0. The maximum Gasteiger partial charge on any atom is 0.324 e. The first-order valence-corrected chi connectivity index (χ1v) is 17.3. The molecule has 0 spiro atoms. The summed E-state index contributed by atoms with van der Waals surface area (Å²) in [6.45, 7) is 5.79. The van der Waals surface area contributed by atoms with Gasteiger partial charge in [0.15, 0.2) is 0 Å². The molecule has 1 aliphatic heterocycles. The number of aliphatic hydroxyl groups is 1. The minimum Gasteiger partial charge on any atom is -0.460 e. The van der Waals surface area contributed by atoms with Gasteiger partial charge in [-0.1, -0.05) is 135 Å². The van der Waals surface area contributed by atoms with Crippen LogP contribution in [0.15, 0.2) is 30.3 Å². The van der Waals surface area contributed by atoms with Crippen LogP contribution in [0.25, 0.3) is 10.9 Å². The van der Waals surface area contributed by atoms with Crippen molar-refractivity contribution in [3.05, 3.63) is 36.0 Å². The van der Waals surface area contributed by atoms with Crippen LogP contribution in [0.4, 0.5) is 0 Å². The van der Waals surface area contributed by atoms with E-state index in [-0.39, 0.29) is 18.1 Å². The lowest BCUT2D eigenvalue weighted by Gasteiger charge is -2.39. The average Bonchev–Trinajstić information content (AvgIpc) is 3.38. The number of carbonyl (C=O) groups excluding carboxylic acids is 1. The first-order chi connectivity index (χ1) is 20.1. The molecule has 0 saturated carbocycles. The molecule has 1 aromatic carbocycles. The summed E-state index contributed by atoms with van der Waals surface area (Å²) in [6.07, 6.45) is 23.6. The van der Waals surface area contributed by atoms with Gasteiger partial charge in [0.25, 0.3) is 0 Å². The third-order valence-corrected chi connectivity index (χ3v) is 8.90. The largest absolute Gasteiger partial charge is 0.460 e. The number of nitrogens with zero attached hydrogens (tertiary/aromatic N) is 1. The van der Waals surface area contributed by atoms with Crippen LogP contribution in [-0.4, -0.2) is 52.3 Å². The number of cyclic esters (lactones) is 1. The zero-order valence-corrected chi connectivity index (χ0v) is 26.4. The molecule has 1 fully saturated rings. The molecule has 5 nitrogen and oxygen atoms in total. The van der Waals surface area contributed by atoms with Crippen molar-refractivity contribution in [1.29, 1.82) is 0 Å². The van der Waals surface area contributed by atoms with Crippen molar-refractivity contribution in [1.82, 2.24) is 9.88 Å². The lowest BCUT2D eigenvalue weighted by Crippen LogP contribution is -2.55. The van der Waals surface area contributed by atoms with Gasteiger partial charge in [-0.25, -0.2) is 0 Å². The molecule has 41 heavy (non-hydrogen) atoms. The van der Waals surface area contributed by atoms with E-state index < -0.39 is 6.10 Å². The lowest BCUT2D eigenvalue weighted by atomic mass is 10.0. The predicted molar refractivity (Wildman–Crippen MR) is 172 cm³/mol. The number of para-hydroxylation sites is 1. The molecular formula is C36H60N2O3. The molecule has 2 aromatic rings. The molecule has 2 N–H and O–H groups in total. The number of morpholine rings is 1. The number of rotatable bonds is 23. The molecule has 5 heteroatoms. The Morgan fingerprint density at radius 1 is 0.854 bits per heavy atom. The van der Waals surface area contributed by atoms with E-state index in [1.807, 2.05) is 12.1 Å². The highest BCUT2D eigenvalue weighted by Crippen LogP contribution is 2.24. The smallest absolute Gasteiger partial charge is 0.324 e. The van der Waals surface area contributed by atoms with E-state index >= 15 is 0 Å². The van der Waals surface area contributed by atoms with Gasteiger partial charge in [-0.3, -0.25) is 9.69 Å². The number of benzene rings is 1. The number of esters is 1. The SMILES string of the molecule is CCCCCCCCCCCC(O)CN1CC(CCCCCCCCCC)OC(=O)C1Cc1cc2ccccc2[nH]1. The number of H-pyrrole nitrogens is 1. The Kier molecular flexibility index (Phi) is 16.5. The van der Waals surface area contributed by atoms with Crippen molar-refractivity contribution >= 4 is 16.9 Å². The fourth-order valence-electron chi connectivity index (χ4n) is 6.39. The number of aliphatic hydroxyl groups excluding tert-OH is 1. The van der Waals surface area contributed by atoms with Crippen LogP contribution in [0.5, 0.6) is 0 Å². The second-order valence-electron chi connectivity index (χ2n) is 12.6. The van der Waals surface area contributed by atoms with Gasteiger partial charge < -0.3 is 14.8 Å². The Labute approximate surface area is 250 Å². The van der Waals surface area contributed by atoms with Crippen LogP contribution >= 0.6 is 0 Å². The molecule has 3 atom stereocenters. The standard InChI is InChI=1S/C36H60N2O3/c1-3-5-7-9-11-13-14-16-18-23-32(39)28-38-29-33(24-19-17-15-12-10-8-6-4-2)41-36(40)35(38)27-31-26-30-22-20-21-25-34(30)37-31/h20-22,25-26,32-33,35,37,39H,3-19,23-24,27-29H2,1-2H3. The van der Waals surface area contributed by atoms with E-state index in [1.54, 1.807) is 0 Å². The molecular weight excluding hydrogens is 508 g/mol. The molecule has 0 radical (unpaired) electrons. The van der Waals surface area contributed by atoms with Crippen LogP contribution in [0.1, 0.15) is 142 Å². The van der Waals surface area contributed by atoms with E-state index in [0.717, 1.165) is 48.8 Å². The Morgan fingerprint density at radius 2 is 1.44 bits per heavy atom. The van der Waals surface area contributed by atoms with Crippen molar-refractivity contribution in [2.75, 3.05) is 13.1 Å². The van der Waals surface area contributed by atoms with E-state index in [1.165, 1.54) is 96.3 Å². The van der Waals surface area contributed by atoms with Gasteiger partial charge in [0.1, 0.15) is 12.1 Å². The van der Waals surface area contributed by atoms with Crippen LogP contribution in [0.2, 0.25) is 0 Å². The highest BCUT2D eigenvalue weighted by molar-refractivity contribution is 5.81. The summed E-state index contributed by atoms with van der Waals surface area (Å²) in [7, 11) is 0. The third-order valence-electron chi connectivity index (χ3n) is 8.90. The number of unbranched alkanes of at least 4 members (excludes halogenated alkanes) is 15. The number of nitrogens with one attached hydrogen (secondary N) is 1. The van der Waals surface area contributed by atoms with Crippen molar-refractivity contribution in [3.8, 4) is 0 Å². The van der Waals surface area contributed by atoms with Crippen LogP contribution in [0, 0.1) is 0 Å². The zero-order valence-electron chi connectivity index (χ0n) is 26.4. The van der Waals surface area contributed by atoms with Gasteiger partial charge in [-0.15, -0.1) is 0 Å². The normalized spacial score (nSPS) is 18.7. The number of hydrogen-bond donors (Lipinski definition) is 2. The maximum atomic E-state index is 13.3. The maximum absolute atomic E-state index is 13.3. The molecule has 2 heterocycles. The highest BCUT2D eigenvalue weighted by Gasteiger charge is 2.37. The molecule has 3 rings (SSSR count). The number of aromatic nitrogens is 1. The molecule has 1 saturated heterocycles. The number of fused-ring (bicyclic) bond motifs is 1. The predicted octanol–water partition coefficient (Wildman–Crippen LogP) is 9.12. The van der Waals surface area contributed by atoms with E-state index in [9.17, 15) is 9.90 Å². The molecule has 232 valence electrons. The third kappa shape index (κ3) is 12.9. The van der Waals surface area contributed by atoms with Gasteiger partial charge in [0, 0.05) is 30.7 Å². The highest BCUT2D eigenvalue weighted by atomic mass is 16.5. The van der Waals surface area contributed by atoms with E-state index in [4.69, 9.17) is 4.74 Å². The number of hydrogen-bond acceptors (Lipinski definition) is 4. The topological polar surface area (TPSA) is 65.6 Å². The first-order valence-electron chi connectivity index (χ1n) is 17.3. The van der Waals surface area contributed by atoms with Crippen LogP contribution in [0.3, 0.4) is 0 Å². The summed E-state index contributed by atoms with van der Waals surface area (Å²) in [5.41, 5.74) is 2.14. The zero-order chi connectivity index (χ0) is 29.1. The molecule has 0 amide bonds. The first kappa shape index (κ1) is 33.6. The molecule has 3 unspecified atom stereocenters. The molecule has 1 aromatic heterocycles. The van der Waals surface area contributed by atoms with Crippen molar-refractivity contribution in [2.45, 2.75) is 161 Å². The summed E-state index contributed by atoms with van der Waals surface area (Å²) in [4.78, 5) is 19.0. The fourth-order valence-corrected chi connectivity index (χ4v) is 6.39. The minimum atomic E-state index is -0.403. The minimum absolute atomic E-state index is 0.0681. The van der Waals surface area contributed by atoms with Crippen LogP contribution in [-0.2, 0) is 16.0 Å². The number of carbonyl (C=O) groups is 1. The molecule has 0 aliphatic carbocycles. The Hall–Kier alpha value is -1.85. The fraction of sp³-hybridized carbons (Fsp3) is 0.750. The summed E-state index contributed by atoms with van der Waals surface area (Å²) in [5.74, 6) is -0.130. The van der Waals surface area contributed by atoms with Gasteiger partial charge in [-0.2, -0.15) is 0 Å². The van der Waals surface area contributed by atoms with Gasteiger partial charge >= 0.3 is 5.97 Å². The Balaban J connectivity index is 1.47. The average molecular weight is 569 g/mol. The monoisotopic (exact) mass is 568 g/mol. The van der Waals surface area contributed by atoms with Gasteiger partial charge in [0.05, 0.1) is 6.10 Å². The number of β-amino-alcohol motifs (C(OH)–C–C–N with tert-alkyl or cyclic N) is 1. The number of ether oxygens (including phenoxy) is 1. The second-order valence-corrected chi connectivity index (χ2v) is 12.6.